The van der Waals surface area contributed by atoms with E-state index in [4.69, 9.17) is 9.47 Å². The van der Waals surface area contributed by atoms with Crippen molar-refractivity contribution in [3.8, 4) is 0 Å². The highest BCUT2D eigenvalue weighted by atomic mass is 16.5. The Balaban J connectivity index is 2.78. The first kappa shape index (κ1) is 19.6. The quantitative estimate of drug-likeness (QED) is 0.663. The molecule has 2 N–H and O–H groups in total. The summed E-state index contributed by atoms with van der Waals surface area (Å²) in [5, 5.41) is 11.7. The minimum Gasteiger partial charge on any atom is -0.480 e. The average Bonchev–Trinajstić information content (AvgIpc) is 2.55. The van der Waals surface area contributed by atoms with Crippen LogP contribution in [0.2, 0.25) is 0 Å². The summed E-state index contributed by atoms with van der Waals surface area (Å²) in [6, 6.07) is 7.53. The van der Waals surface area contributed by atoms with Crippen LogP contribution >= 0.6 is 0 Å². The van der Waals surface area contributed by atoms with Crippen molar-refractivity contribution in [2.75, 3.05) is 13.7 Å². The fourth-order valence-corrected chi connectivity index (χ4v) is 2.23. The maximum atomic E-state index is 12.4. The second-order valence-electron chi connectivity index (χ2n) is 5.31. The van der Waals surface area contributed by atoms with Crippen LogP contribution in [0.3, 0.4) is 0 Å². The molecule has 1 rings (SSSR count). The van der Waals surface area contributed by atoms with Gasteiger partial charge in [-0.25, -0.2) is 4.79 Å². The number of hydrogen-bond donors (Lipinski definition) is 2. The van der Waals surface area contributed by atoms with E-state index in [2.05, 4.69) is 5.32 Å². The van der Waals surface area contributed by atoms with Crippen LogP contribution in [0, 0.1) is 5.92 Å². The lowest BCUT2D eigenvalue weighted by Crippen LogP contribution is -2.45. The number of ether oxygens (including phenoxy) is 2. The molecular formula is C17H23NO6. The smallest absolute Gasteiger partial charge is 0.326 e. The Morgan fingerprint density at radius 1 is 1.21 bits per heavy atom. The zero-order valence-electron chi connectivity index (χ0n) is 14.0. The van der Waals surface area contributed by atoms with Gasteiger partial charge in [0, 0.05) is 7.11 Å². The number of aliphatic carboxylic acids is 1. The monoisotopic (exact) mass is 337 g/mol. The Hall–Kier alpha value is -2.41. The number of carbonyl (C=O) groups excluding carboxylic acids is 2. The number of benzene rings is 1. The highest BCUT2D eigenvalue weighted by molar-refractivity contribution is 5.87. The van der Waals surface area contributed by atoms with E-state index < -0.39 is 35.9 Å². The van der Waals surface area contributed by atoms with E-state index in [1.165, 1.54) is 7.11 Å². The Bertz CT molecular complexity index is 559. The molecule has 0 saturated heterocycles. The second kappa shape index (κ2) is 9.67. The largest absolute Gasteiger partial charge is 0.480 e. The van der Waals surface area contributed by atoms with E-state index in [0.717, 1.165) is 0 Å². The highest BCUT2D eigenvalue weighted by Gasteiger charge is 2.29. The van der Waals surface area contributed by atoms with E-state index in [-0.39, 0.29) is 13.0 Å². The first-order valence-corrected chi connectivity index (χ1v) is 7.68. The summed E-state index contributed by atoms with van der Waals surface area (Å²) < 4.78 is 10.0. The Labute approximate surface area is 141 Å². The van der Waals surface area contributed by atoms with Crippen molar-refractivity contribution in [1.82, 2.24) is 5.32 Å². The predicted octanol–water partition coefficient (Wildman–Crippen LogP) is 1.53. The number of carbonyl (C=O) groups is 3. The molecule has 132 valence electrons. The summed E-state index contributed by atoms with van der Waals surface area (Å²) in [6.07, 6.45) is -0.989. The molecule has 0 aliphatic rings. The first-order chi connectivity index (χ1) is 11.4. The van der Waals surface area contributed by atoms with Crippen molar-refractivity contribution >= 4 is 17.8 Å². The van der Waals surface area contributed by atoms with E-state index in [1.807, 2.05) is 0 Å². The minimum absolute atomic E-state index is 0.0644. The molecule has 0 unspecified atom stereocenters. The lowest BCUT2D eigenvalue weighted by atomic mass is 10.0. The number of carboxylic acid groups (broad SMARTS) is 1. The maximum Gasteiger partial charge on any atom is 0.326 e. The van der Waals surface area contributed by atoms with Gasteiger partial charge in [0.05, 0.1) is 12.5 Å². The third-order valence-electron chi connectivity index (χ3n) is 3.47. The second-order valence-corrected chi connectivity index (χ2v) is 5.31. The standard InChI is InChI=1S/C17H23NO6/c1-4-24-17(22)11(2)10-13(16(20)21)18-15(19)14(23-3)12-8-6-5-7-9-12/h5-9,11,13-14H,4,10H2,1-3H3,(H,18,19)(H,20,21)/t11-,13+,14+/m1/s1. The van der Waals surface area contributed by atoms with Gasteiger partial charge in [0.1, 0.15) is 6.04 Å². The third kappa shape index (κ3) is 5.66. The van der Waals surface area contributed by atoms with Crippen LogP contribution in [-0.4, -0.2) is 42.7 Å². The van der Waals surface area contributed by atoms with Crippen LogP contribution in [0.4, 0.5) is 0 Å². The van der Waals surface area contributed by atoms with Gasteiger partial charge in [0.25, 0.3) is 5.91 Å². The van der Waals surface area contributed by atoms with Gasteiger partial charge in [-0.1, -0.05) is 37.3 Å². The summed E-state index contributed by atoms with van der Waals surface area (Å²) in [7, 11) is 1.37. The van der Waals surface area contributed by atoms with Crippen molar-refractivity contribution in [2.45, 2.75) is 32.4 Å². The molecule has 0 aliphatic carbocycles. The Morgan fingerprint density at radius 2 is 1.83 bits per heavy atom. The molecule has 1 amide bonds. The van der Waals surface area contributed by atoms with E-state index in [1.54, 1.807) is 44.2 Å². The predicted molar refractivity (Wildman–Crippen MR) is 86.2 cm³/mol. The molecule has 0 heterocycles. The van der Waals surface area contributed by atoms with Gasteiger partial charge in [-0.2, -0.15) is 0 Å². The number of esters is 1. The molecule has 0 radical (unpaired) electrons. The van der Waals surface area contributed by atoms with Crippen LogP contribution in [0.15, 0.2) is 30.3 Å². The van der Waals surface area contributed by atoms with Crippen LogP contribution < -0.4 is 5.32 Å². The minimum atomic E-state index is -1.22. The van der Waals surface area contributed by atoms with Gasteiger partial charge < -0.3 is 19.9 Å². The molecule has 0 fully saturated rings. The van der Waals surface area contributed by atoms with Gasteiger partial charge in [-0.3, -0.25) is 9.59 Å². The molecule has 24 heavy (non-hydrogen) atoms. The Kier molecular flexibility index (Phi) is 7.91. The van der Waals surface area contributed by atoms with Crippen molar-refractivity contribution in [3.63, 3.8) is 0 Å². The molecule has 3 atom stereocenters. The molecule has 0 spiro atoms. The molecule has 1 aromatic carbocycles. The van der Waals surface area contributed by atoms with Gasteiger partial charge >= 0.3 is 11.9 Å². The summed E-state index contributed by atoms with van der Waals surface area (Å²) in [5.41, 5.74) is 0.611. The highest BCUT2D eigenvalue weighted by Crippen LogP contribution is 2.17. The van der Waals surface area contributed by atoms with E-state index in [0.29, 0.717) is 5.56 Å². The number of rotatable bonds is 9. The fourth-order valence-electron chi connectivity index (χ4n) is 2.23. The van der Waals surface area contributed by atoms with Crippen molar-refractivity contribution in [2.24, 2.45) is 5.92 Å². The maximum absolute atomic E-state index is 12.4. The number of hydrogen-bond acceptors (Lipinski definition) is 5. The SMILES string of the molecule is CCOC(=O)[C@H](C)C[C@H](NC(=O)[C@@H](OC)c1ccccc1)C(=O)O. The van der Waals surface area contributed by atoms with Crippen LogP contribution in [-0.2, 0) is 23.9 Å². The normalized spacial score (nSPS) is 14.3. The van der Waals surface area contributed by atoms with Gasteiger partial charge in [0.2, 0.25) is 0 Å². The van der Waals surface area contributed by atoms with Crippen molar-refractivity contribution < 1.29 is 29.0 Å². The van der Waals surface area contributed by atoms with Gasteiger partial charge in [0.15, 0.2) is 6.10 Å². The lowest BCUT2D eigenvalue weighted by molar-refractivity contribution is -0.150. The van der Waals surface area contributed by atoms with Crippen molar-refractivity contribution in [3.05, 3.63) is 35.9 Å². The zero-order valence-corrected chi connectivity index (χ0v) is 14.0. The fraction of sp³-hybridized carbons (Fsp3) is 0.471. The van der Waals surface area contributed by atoms with Crippen LogP contribution in [0.5, 0.6) is 0 Å². The van der Waals surface area contributed by atoms with E-state index in [9.17, 15) is 19.5 Å². The van der Waals surface area contributed by atoms with Crippen LogP contribution in [0.25, 0.3) is 0 Å². The Morgan fingerprint density at radius 3 is 2.33 bits per heavy atom. The summed E-state index contributed by atoms with van der Waals surface area (Å²) in [6.45, 7) is 3.45. The summed E-state index contributed by atoms with van der Waals surface area (Å²) in [4.78, 5) is 35.4. The third-order valence-corrected chi connectivity index (χ3v) is 3.47. The first-order valence-electron chi connectivity index (χ1n) is 7.68. The van der Waals surface area contributed by atoms with Crippen LogP contribution in [0.1, 0.15) is 31.9 Å². The molecule has 7 nitrogen and oxygen atoms in total. The summed E-state index contributed by atoms with van der Waals surface area (Å²) >= 11 is 0. The topological polar surface area (TPSA) is 102 Å². The molecule has 0 aliphatic heterocycles. The van der Waals surface area contributed by atoms with Gasteiger partial charge in [-0.05, 0) is 18.9 Å². The molecule has 0 bridgehead atoms. The molecule has 7 heteroatoms. The number of amides is 1. The summed E-state index contributed by atoms with van der Waals surface area (Å²) in [5.74, 6) is -2.94. The molecule has 0 saturated carbocycles. The zero-order chi connectivity index (χ0) is 18.1. The molecule has 0 aromatic heterocycles. The molecule has 1 aromatic rings. The number of carboxylic acids is 1. The molecular weight excluding hydrogens is 314 g/mol. The van der Waals surface area contributed by atoms with Crippen molar-refractivity contribution in [1.29, 1.82) is 0 Å². The lowest BCUT2D eigenvalue weighted by Gasteiger charge is -2.21. The average molecular weight is 337 g/mol. The van der Waals surface area contributed by atoms with Gasteiger partial charge in [-0.15, -0.1) is 0 Å². The number of nitrogens with one attached hydrogen (secondary N) is 1. The van der Waals surface area contributed by atoms with E-state index >= 15 is 0 Å². The number of methoxy groups -OCH3 is 1.